The van der Waals surface area contributed by atoms with Crippen molar-refractivity contribution < 1.29 is 4.79 Å². The fraction of sp³-hybridized carbons (Fsp3) is 0.933. The van der Waals surface area contributed by atoms with Gasteiger partial charge in [0.1, 0.15) is 0 Å². The molecule has 3 heteroatoms. The molecule has 104 valence electrons. The summed E-state index contributed by atoms with van der Waals surface area (Å²) in [7, 11) is 2.02. The number of piperidine rings is 1. The van der Waals surface area contributed by atoms with E-state index in [9.17, 15) is 4.79 Å². The number of carbonyl (C=O) groups excluding carboxylic acids is 1. The van der Waals surface area contributed by atoms with Crippen LogP contribution in [0.2, 0.25) is 0 Å². The van der Waals surface area contributed by atoms with E-state index in [0.717, 1.165) is 19.4 Å². The van der Waals surface area contributed by atoms with Crippen molar-refractivity contribution >= 4 is 5.91 Å². The fourth-order valence-electron chi connectivity index (χ4n) is 3.68. The van der Waals surface area contributed by atoms with Crippen molar-refractivity contribution in [3.63, 3.8) is 0 Å². The molecule has 0 aromatic carbocycles. The maximum atomic E-state index is 12.6. The average molecular weight is 252 g/mol. The van der Waals surface area contributed by atoms with Crippen LogP contribution in [-0.4, -0.2) is 36.5 Å². The Labute approximate surface area is 111 Å². The lowest BCUT2D eigenvalue weighted by Crippen LogP contribution is -2.51. The van der Waals surface area contributed by atoms with Crippen LogP contribution < -0.4 is 5.32 Å². The molecule has 1 amide bonds. The molecular formula is C15H28N2O. The molecule has 0 aromatic rings. The lowest BCUT2D eigenvalue weighted by atomic mass is 9.83. The van der Waals surface area contributed by atoms with Crippen LogP contribution in [0.5, 0.6) is 0 Å². The minimum atomic E-state index is 0.192. The van der Waals surface area contributed by atoms with Crippen molar-refractivity contribution in [2.45, 2.75) is 64.5 Å². The van der Waals surface area contributed by atoms with Crippen molar-refractivity contribution in [2.24, 2.45) is 11.8 Å². The SMILES string of the molecule is CC1CCCCC1N(C)C(=O)C1CCCNC1C. The van der Waals surface area contributed by atoms with Gasteiger partial charge in [-0.3, -0.25) is 4.79 Å². The topological polar surface area (TPSA) is 32.3 Å². The van der Waals surface area contributed by atoms with Crippen LogP contribution in [0.1, 0.15) is 52.4 Å². The van der Waals surface area contributed by atoms with Crippen molar-refractivity contribution in [3.05, 3.63) is 0 Å². The van der Waals surface area contributed by atoms with Crippen LogP contribution in [0.15, 0.2) is 0 Å². The second-order valence-electron chi connectivity index (χ2n) is 6.27. The Kier molecular flexibility index (Phi) is 4.66. The maximum Gasteiger partial charge on any atom is 0.227 e. The Bertz CT molecular complexity index is 292. The van der Waals surface area contributed by atoms with E-state index in [1.807, 2.05) is 7.05 Å². The predicted octanol–water partition coefficient (Wildman–Crippen LogP) is 2.41. The molecule has 2 aliphatic rings. The van der Waals surface area contributed by atoms with Crippen molar-refractivity contribution in [2.75, 3.05) is 13.6 Å². The summed E-state index contributed by atoms with van der Waals surface area (Å²) in [6.45, 7) is 5.52. The standard InChI is InChI=1S/C15H28N2O/c1-11-7-4-5-9-14(11)17(3)15(18)13-8-6-10-16-12(13)2/h11-14,16H,4-10H2,1-3H3. The summed E-state index contributed by atoms with van der Waals surface area (Å²) >= 11 is 0. The Morgan fingerprint density at radius 1 is 1.11 bits per heavy atom. The number of hydrogen-bond acceptors (Lipinski definition) is 2. The smallest absolute Gasteiger partial charge is 0.227 e. The minimum absolute atomic E-state index is 0.192. The van der Waals surface area contributed by atoms with Gasteiger partial charge in [0.25, 0.3) is 0 Å². The van der Waals surface area contributed by atoms with E-state index in [1.54, 1.807) is 0 Å². The number of amides is 1. The summed E-state index contributed by atoms with van der Waals surface area (Å²) in [4.78, 5) is 14.7. The van der Waals surface area contributed by atoms with Crippen molar-refractivity contribution in [1.29, 1.82) is 0 Å². The van der Waals surface area contributed by atoms with Gasteiger partial charge in [-0.1, -0.05) is 19.8 Å². The molecule has 2 rings (SSSR count). The largest absolute Gasteiger partial charge is 0.342 e. The highest BCUT2D eigenvalue weighted by Crippen LogP contribution is 2.29. The van der Waals surface area contributed by atoms with E-state index in [0.29, 0.717) is 23.9 Å². The van der Waals surface area contributed by atoms with Crippen LogP contribution in [0.4, 0.5) is 0 Å². The molecule has 0 bridgehead atoms. The number of hydrogen-bond donors (Lipinski definition) is 1. The maximum absolute atomic E-state index is 12.6. The number of nitrogens with one attached hydrogen (secondary N) is 1. The summed E-state index contributed by atoms with van der Waals surface area (Å²) in [5.41, 5.74) is 0. The first-order valence-electron chi connectivity index (χ1n) is 7.61. The zero-order chi connectivity index (χ0) is 13.1. The highest BCUT2D eigenvalue weighted by Gasteiger charge is 2.34. The number of carbonyl (C=O) groups is 1. The van der Waals surface area contributed by atoms with Gasteiger partial charge in [-0.05, 0) is 45.1 Å². The van der Waals surface area contributed by atoms with Crippen LogP contribution in [0.3, 0.4) is 0 Å². The Balaban J connectivity index is 1.98. The number of nitrogens with zero attached hydrogens (tertiary/aromatic N) is 1. The quantitative estimate of drug-likeness (QED) is 0.818. The van der Waals surface area contributed by atoms with E-state index in [-0.39, 0.29) is 5.92 Å². The summed E-state index contributed by atoms with van der Waals surface area (Å²) in [6, 6.07) is 0.813. The Morgan fingerprint density at radius 2 is 1.83 bits per heavy atom. The highest BCUT2D eigenvalue weighted by molar-refractivity contribution is 5.79. The summed E-state index contributed by atoms with van der Waals surface area (Å²) in [5.74, 6) is 1.23. The molecule has 1 aliphatic heterocycles. The Morgan fingerprint density at radius 3 is 2.50 bits per heavy atom. The molecule has 2 fully saturated rings. The first-order valence-corrected chi connectivity index (χ1v) is 7.61. The lowest BCUT2D eigenvalue weighted by molar-refractivity contribution is -0.139. The highest BCUT2D eigenvalue weighted by atomic mass is 16.2. The van der Waals surface area contributed by atoms with Gasteiger partial charge in [0.05, 0.1) is 5.92 Å². The molecule has 4 unspecified atom stereocenters. The van der Waals surface area contributed by atoms with E-state index < -0.39 is 0 Å². The van der Waals surface area contributed by atoms with Crippen LogP contribution in [-0.2, 0) is 4.79 Å². The van der Waals surface area contributed by atoms with Crippen LogP contribution in [0.25, 0.3) is 0 Å². The van der Waals surface area contributed by atoms with E-state index >= 15 is 0 Å². The van der Waals surface area contributed by atoms with Gasteiger partial charge < -0.3 is 10.2 Å². The first-order chi connectivity index (χ1) is 8.61. The summed E-state index contributed by atoms with van der Waals surface area (Å²) in [6.07, 6.45) is 7.28. The third kappa shape index (κ3) is 2.87. The van der Waals surface area contributed by atoms with Gasteiger partial charge in [-0.2, -0.15) is 0 Å². The monoisotopic (exact) mass is 252 g/mol. The van der Waals surface area contributed by atoms with E-state index in [1.165, 1.54) is 25.7 Å². The molecule has 1 heterocycles. The molecule has 4 atom stereocenters. The molecular weight excluding hydrogens is 224 g/mol. The molecule has 0 spiro atoms. The second kappa shape index (κ2) is 6.05. The van der Waals surface area contributed by atoms with Crippen molar-refractivity contribution in [3.8, 4) is 0 Å². The van der Waals surface area contributed by atoms with Gasteiger partial charge in [0.2, 0.25) is 5.91 Å². The van der Waals surface area contributed by atoms with Crippen LogP contribution >= 0.6 is 0 Å². The lowest BCUT2D eigenvalue weighted by Gasteiger charge is -2.40. The molecule has 0 aromatic heterocycles. The Hall–Kier alpha value is -0.570. The first kappa shape index (κ1) is 13.9. The minimum Gasteiger partial charge on any atom is -0.342 e. The third-order valence-electron chi connectivity index (χ3n) is 4.99. The molecule has 1 aliphatic carbocycles. The van der Waals surface area contributed by atoms with E-state index in [4.69, 9.17) is 0 Å². The molecule has 1 saturated heterocycles. The average Bonchev–Trinajstić information content (AvgIpc) is 2.38. The number of rotatable bonds is 2. The van der Waals surface area contributed by atoms with E-state index in [2.05, 4.69) is 24.1 Å². The van der Waals surface area contributed by atoms with Gasteiger partial charge in [0.15, 0.2) is 0 Å². The molecule has 0 radical (unpaired) electrons. The molecule has 18 heavy (non-hydrogen) atoms. The normalized spacial score (nSPS) is 37.3. The second-order valence-corrected chi connectivity index (χ2v) is 6.27. The predicted molar refractivity (Wildman–Crippen MR) is 74.4 cm³/mol. The summed E-state index contributed by atoms with van der Waals surface area (Å²) < 4.78 is 0. The van der Waals surface area contributed by atoms with Gasteiger partial charge in [-0.25, -0.2) is 0 Å². The van der Waals surface area contributed by atoms with Gasteiger partial charge in [0, 0.05) is 19.1 Å². The van der Waals surface area contributed by atoms with Gasteiger partial charge >= 0.3 is 0 Å². The third-order valence-corrected chi connectivity index (χ3v) is 4.99. The zero-order valence-corrected chi connectivity index (χ0v) is 12.1. The summed E-state index contributed by atoms with van der Waals surface area (Å²) in [5, 5.41) is 3.43. The fourth-order valence-corrected chi connectivity index (χ4v) is 3.68. The zero-order valence-electron chi connectivity index (χ0n) is 12.1. The van der Waals surface area contributed by atoms with Crippen LogP contribution in [0, 0.1) is 11.8 Å². The molecule has 1 N–H and O–H groups in total. The molecule has 1 saturated carbocycles. The molecule has 3 nitrogen and oxygen atoms in total. The van der Waals surface area contributed by atoms with Crippen molar-refractivity contribution in [1.82, 2.24) is 10.2 Å². The van der Waals surface area contributed by atoms with Gasteiger partial charge in [-0.15, -0.1) is 0 Å².